The standard InChI is InChI=1S/C14H20N2O4S/c1-10(4-3-7-17)15-21(19,20)12-5-6-13-11(8-12)9-14(18)16(13)2/h5-6,8,10,15,17H,3-4,7,9H2,1-2H3. The number of likely N-dealkylation sites (N-methyl/N-ethyl adjacent to an activating group) is 1. The predicted octanol–water partition coefficient (Wildman–Crippen LogP) is 0.645. The topological polar surface area (TPSA) is 86.7 Å². The summed E-state index contributed by atoms with van der Waals surface area (Å²) in [5, 5.41) is 8.77. The zero-order chi connectivity index (χ0) is 15.6. The molecule has 0 saturated heterocycles. The molecule has 116 valence electrons. The second-order valence-corrected chi connectivity index (χ2v) is 7.02. The number of carbonyl (C=O) groups is 1. The monoisotopic (exact) mass is 312 g/mol. The van der Waals surface area contributed by atoms with Gasteiger partial charge >= 0.3 is 0 Å². The Morgan fingerprint density at radius 3 is 2.81 bits per heavy atom. The van der Waals surface area contributed by atoms with Gasteiger partial charge in [-0.3, -0.25) is 4.79 Å². The molecule has 6 nitrogen and oxygen atoms in total. The Bertz CT molecular complexity index is 642. The van der Waals surface area contributed by atoms with Gasteiger partial charge < -0.3 is 10.0 Å². The number of hydrogen-bond donors (Lipinski definition) is 2. The second kappa shape index (κ2) is 6.13. The quantitative estimate of drug-likeness (QED) is 0.807. The number of carbonyl (C=O) groups excluding carboxylic acids is 1. The van der Waals surface area contributed by atoms with Crippen LogP contribution < -0.4 is 9.62 Å². The Kier molecular flexibility index (Phi) is 4.65. The van der Waals surface area contributed by atoms with Crippen molar-refractivity contribution in [3.8, 4) is 0 Å². The third-order valence-electron chi connectivity index (χ3n) is 3.59. The van der Waals surface area contributed by atoms with Gasteiger partial charge in [-0.1, -0.05) is 0 Å². The van der Waals surface area contributed by atoms with Crippen molar-refractivity contribution in [2.45, 2.75) is 37.1 Å². The number of amides is 1. The van der Waals surface area contributed by atoms with Gasteiger partial charge in [0.1, 0.15) is 0 Å². The van der Waals surface area contributed by atoms with Gasteiger partial charge in [-0.25, -0.2) is 13.1 Å². The number of nitrogens with zero attached hydrogens (tertiary/aromatic N) is 1. The first-order valence-electron chi connectivity index (χ1n) is 6.88. The van der Waals surface area contributed by atoms with Gasteiger partial charge in [0.2, 0.25) is 15.9 Å². The molecule has 21 heavy (non-hydrogen) atoms. The summed E-state index contributed by atoms with van der Waals surface area (Å²) in [5.74, 6) is -0.0381. The van der Waals surface area contributed by atoms with Gasteiger partial charge in [0.25, 0.3) is 0 Å². The van der Waals surface area contributed by atoms with Gasteiger partial charge in [-0.15, -0.1) is 0 Å². The van der Waals surface area contributed by atoms with Gasteiger partial charge in [0.05, 0.1) is 11.3 Å². The lowest BCUT2D eigenvalue weighted by molar-refractivity contribution is -0.117. The van der Waals surface area contributed by atoms with Gasteiger partial charge in [0, 0.05) is 25.4 Å². The molecule has 2 rings (SSSR count). The van der Waals surface area contributed by atoms with Crippen molar-refractivity contribution in [2.24, 2.45) is 0 Å². The number of hydrogen-bond acceptors (Lipinski definition) is 4. The van der Waals surface area contributed by atoms with Crippen LogP contribution in [-0.4, -0.2) is 39.1 Å². The third-order valence-corrected chi connectivity index (χ3v) is 5.18. The highest BCUT2D eigenvalue weighted by atomic mass is 32.2. The molecule has 1 heterocycles. The Morgan fingerprint density at radius 1 is 1.43 bits per heavy atom. The van der Waals surface area contributed by atoms with Crippen LogP contribution in [0.5, 0.6) is 0 Å². The van der Waals surface area contributed by atoms with E-state index in [2.05, 4.69) is 4.72 Å². The number of benzene rings is 1. The molecule has 1 aromatic carbocycles. The summed E-state index contributed by atoms with van der Waals surface area (Å²) in [7, 11) is -1.93. The first-order chi connectivity index (χ1) is 9.85. The van der Waals surface area contributed by atoms with Gasteiger partial charge in [-0.2, -0.15) is 0 Å². The minimum atomic E-state index is -3.61. The zero-order valence-corrected chi connectivity index (χ0v) is 13.0. The van der Waals surface area contributed by atoms with E-state index in [4.69, 9.17) is 5.11 Å². The molecule has 7 heteroatoms. The number of rotatable bonds is 6. The van der Waals surface area contributed by atoms with Gasteiger partial charge in [-0.05, 0) is 43.5 Å². The summed E-state index contributed by atoms with van der Waals surface area (Å²) < 4.78 is 27.2. The highest BCUT2D eigenvalue weighted by molar-refractivity contribution is 7.89. The number of anilines is 1. The van der Waals surface area contributed by atoms with E-state index in [1.165, 1.54) is 11.0 Å². The van der Waals surface area contributed by atoms with Crippen molar-refractivity contribution in [1.29, 1.82) is 0 Å². The van der Waals surface area contributed by atoms with Crippen LogP contribution in [0, 0.1) is 0 Å². The minimum absolute atomic E-state index is 0.0381. The lowest BCUT2D eigenvalue weighted by atomic mass is 10.2. The van der Waals surface area contributed by atoms with Crippen molar-refractivity contribution in [3.05, 3.63) is 23.8 Å². The summed E-state index contributed by atoms with van der Waals surface area (Å²) in [6, 6.07) is 4.47. The first kappa shape index (κ1) is 15.9. The van der Waals surface area contributed by atoms with E-state index in [-0.39, 0.29) is 29.9 Å². The van der Waals surface area contributed by atoms with E-state index in [1.807, 2.05) is 0 Å². The van der Waals surface area contributed by atoms with E-state index >= 15 is 0 Å². The molecule has 1 unspecified atom stereocenters. The number of fused-ring (bicyclic) bond motifs is 1. The fourth-order valence-electron chi connectivity index (χ4n) is 2.40. The molecule has 0 bridgehead atoms. The summed E-state index contributed by atoms with van der Waals surface area (Å²) in [4.78, 5) is 13.3. The average Bonchev–Trinajstić information content (AvgIpc) is 2.71. The molecule has 2 N–H and O–H groups in total. The van der Waals surface area contributed by atoms with E-state index in [9.17, 15) is 13.2 Å². The van der Waals surface area contributed by atoms with Crippen molar-refractivity contribution in [2.75, 3.05) is 18.6 Å². The van der Waals surface area contributed by atoms with Crippen LogP contribution >= 0.6 is 0 Å². The molecule has 0 saturated carbocycles. The molecule has 0 radical (unpaired) electrons. The SMILES string of the molecule is CC(CCCO)NS(=O)(=O)c1ccc2c(c1)CC(=O)N2C. The molecule has 0 fully saturated rings. The molecule has 0 aliphatic carbocycles. The molecular weight excluding hydrogens is 292 g/mol. The lowest BCUT2D eigenvalue weighted by Gasteiger charge is -2.15. The van der Waals surface area contributed by atoms with Crippen LogP contribution in [0.3, 0.4) is 0 Å². The third kappa shape index (κ3) is 3.42. The highest BCUT2D eigenvalue weighted by Gasteiger charge is 2.26. The van der Waals surface area contributed by atoms with Crippen molar-refractivity contribution >= 4 is 21.6 Å². The minimum Gasteiger partial charge on any atom is -0.396 e. The van der Waals surface area contributed by atoms with Crippen molar-refractivity contribution in [3.63, 3.8) is 0 Å². The van der Waals surface area contributed by atoms with Crippen molar-refractivity contribution in [1.82, 2.24) is 4.72 Å². The smallest absolute Gasteiger partial charge is 0.240 e. The Labute approximate surface area is 124 Å². The van der Waals surface area contributed by atoms with Crippen LogP contribution in [0.25, 0.3) is 0 Å². The van der Waals surface area contributed by atoms with E-state index < -0.39 is 10.0 Å². The maximum atomic E-state index is 12.3. The Balaban J connectivity index is 2.19. The molecule has 1 aromatic rings. The molecule has 1 atom stereocenters. The maximum Gasteiger partial charge on any atom is 0.240 e. The van der Waals surface area contributed by atoms with Crippen LogP contribution in [-0.2, 0) is 21.2 Å². The molecular formula is C14H20N2O4S. The largest absolute Gasteiger partial charge is 0.396 e. The molecule has 0 spiro atoms. The predicted molar refractivity (Wildman–Crippen MR) is 79.7 cm³/mol. The van der Waals surface area contributed by atoms with E-state index in [1.54, 1.807) is 26.1 Å². The van der Waals surface area contributed by atoms with E-state index in [0.717, 1.165) is 11.3 Å². The molecule has 1 aliphatic rings. The summed E-state index contributed by atoms with van der Waals surface area (Å²) >= 11 is 0. The number of nitrogens with one attached hydrogen (secondary N) is 1. The second-order valence-electron chi connectivity index (χ2n) is 5.31. The number of aliphatic hydroxyl groups excluding tert-OH is 1. The Hall–Kier alpha value is -1.44. The van der Waals surface area contributed by atoms with Crippen LogP contribution in [0.2, 0.25) is 0 Å². The summed E-state index contributed by atoms with van der Waals surface area (Å²) in [5.41, 5.74) is 1.49. The number of aliphatic hydroxyl groups is 1. The fourth-order valence-corrected chi connectivity index (χ4v) is 3.73. The van der Waals surface area contributed by atoms with Crippen LogP contribution in [0.4, 0.5) is 5.69 Å². The summed E-state index contributed by atoms with van der Waals surface area (Å²) in [6.45, 7) is 1.80. The van der Waals surface area contributed by atoms with Crippen molar-refractivity contribution < 1.29 is 18.3 Å². The highest BCUT2D eigenvalue weighted by Crippen LogP contribution is 2.29. The average molecular weight is 312 g/mol. The van der Waals surface area contributed by atoms with Gasteiger partial charge in [0.15, 0.2) is 0 Å². The lowest BCUT2D eigenvalue weighted by Crippen LogP contribution is -2.32. The Morgan fingerprint density at radius 2 is 2.14 bits per heavy atom. The fraction of sp³-hybridized carbons (Fsp3) is 0.500. The normalized spacial score (nSPS) is 16.1. The summed E-state index contributed by atoms with van der Waals surface area (Å²) in [6.07, 6.45) is 1.35. The maximum absolute atomic E-state index is 12.3. The zero-order valence-electron chi connectivity index (χ0n) is 12.2. The van der Waals surface area contributed by atoms with E-state index in [0.29, 0.717) is 12.8 Å². The molecule has 1 amide bonds. The molecule has 1 aliphatic heterocycles. The first-order valence-corrected chi connectivity index (χ1v) is 8.36. The van der Waals surface area contributed by atoms with Crippen LogP contribution in [0.1, 0.15) is 25.3 Å². The van der Waals surface area contributed by atoms with Crippen LogP contribution in [0.15, 0.2) is 23.1 Å². The molecule has 0 aromatic heterocycles. The number of sulfonamides is 1.